The monoisotopic (exact) mass is 404 g/mol. The lowest BCUT2D eigenvalue weighted by Gasteiger charge is -2.41. The van der Waals surface area contributed by atoms with Gasteiger partial charge >= 0.3 is 5.97 Å². The molecule has 30 heavy (non-hydrogen) atoms. The highest BCUT2D eigenvalue weighted by Crippen LogP contribution is 2.34. The number of hydrogen-bond acceptors (Lipinski definition) is 4. The van der Waals surface area contributed by atoms with Crippen molar-refractivity contribution in [3.05, 3.63) is 89.5 Å². The molecule has 4 rings (SSSR count). The second-order valence-corrected chi connectivity index (χ2v) is 7.50. The number of carbonyl (C=O) groups is 1. The lowest BCUT2D eigenvalue weighted by atomic mass is 9.91. The van der Waals surface area contributed by atoms with Gasteiger partial charge in [-0.25, -0.2) is 4.79 Å². The van der Waals surface area contributed by atoms with Gasteiger partial charge in [-0.2, -0.15) is 0 Å². The molecule has 3 aromatic rings. The predicted molar refractivity (Wildman–Crippen MR) is 113 cm³/mol. The summed E-state index contributed by atoms with van der Waals surface area (Å²) in [5.74, 6) is -0.247. The average molecular weight is 404 g/mol. The minimum absolute atomic E-state index is 0.348. The highest BCUT2D eigenvalue weighted by atomic mass is 16.6. The second-order valence-electron chi connectivity index (χ2n) is 7.50. The van der Waals surface area contributed by atoms with Gasteiger partial charge in [-0.1, -0.05) is 54.6 Å². The van der Waals surface area contributed by atoms with E-state index in [4.69, 9.17) is 19.3 Å². The molecule has 154 valence electrons. The van der Waals surface area contributed by atoms with Crippen LogP contribution in [0.3, 0.4) is 0 Å². The molecule has 1 heterocycles. The molecule has 0 saturated carbocycles. The van der Waals surface area contributed by atoms with Crippen LogP contribution >= 0.6 is 0 Å². The Kier molecular flexibility index (Phi) is 5.84. The summed E-state index contributed by atoms with van der Waals surface area (Å²) in [4.78, 5) is 10.8. The van der Waals surface area contributed by atoms with Crippen LogP contribution in [0.4, 0.5) is 0 Å². The van der Waals surface area contributed by atoms with E-state index in [0.29, 0.717) is 19.8 Å². The number of rotatable bonds is 8. The van der Waals surface area contributed by atoms with Gasteiger partial charge in [0.15, 0.2) is 0 Å². The largest absolute Gasteiger partial charge is 0.489 e. The SMILES string of the molecule is Cc1ccccc1-c1cccc(COc2ccc(C3(OCC(=O)O)COC3)cc2)c1. The van der Waals surface area contributed by atoms with Gasteiger partial charge in [0.05, 0.1) is 13.2 Å². The Bertz CT molecular complexity index is 1020. The van der Waals surface area contributed by atoms with Gasteiger partial charge in [-0.3, -0.25) is 0 Å². The summed E-state index contributed by atoms with van der Waals surface area (Å²) in [6, 6.07) is 24.3. The number of aliphatic carboxylic acids is 1. The fourth-order valence-electron chi connectivity index (χ4n) is 3.57. The van der Waals surface area contributed by atoms with Crippen LogP contribution in [0, 0.1) is 6.92 Å². The van der Waals surface area contributed by atoms with Gasteiger partial charge in [0, 0.05) is 0 Å². The summed E-state index contributed by atoms with van der Waals surface area (Å²) in [5.41, 5.74) is 4.94. The van der Waals surface area contributed by atoms with Crippen molar-refractivity contribution in [1.29, 1.82) is 0 Å². The van der Waals surface area contributed by atoms with E-state index >= 15 is 0 Å². The fraction of sp³-hybridized carbons (Fsp3) is 0.240. The lowest BCUT2D eigenvalue weighted by Crippen LogP contribution is -2.49. The van der Waals surface area contributed by atoms with Crippen molar-refractivity contribution in [3.63, 3.8) is 0 Å². The maximum absolute atomic E-state index is 10.8. The quantitative estimate of drug-likeness (QED) is 0.596. The van der Waals surface area contributed by atoms with E-state index in [1.165, 1.54) is 16.7 Å². The molecular formula is C25H24O5. The first-order valence-electron chi connectivity index (χ1n) is 9.87. The number of carboxylic acids is 1. The molecular weight excluding hydrogens is 380 g/mol. The van der Waals surface area contributed by atoms with Crippen LogP contribution in [0.1, 0.15) is 16.7 Å². The van der Waals surface area contributed by atoms with E-state index in [9.17, 15) is 4.79 Å². The molecule has 3 aromatic carbocycles. The molecule has 0 aromatic heterocycles. The first-order chi connectivity index (χ1) is 14.6. The molecule has 1 aliphatic rings. The Hall–Kier alpha value is -3.15. The van der Waals surface area contributed by atoms with Gasteiger partial charge in [0.25, 0.3) is 0 Å². The standard InChI is InChI=1S/C25H24O5/c1-18-5-2-3-8-23(18)20-7-4-6-19(13-20)14-29-22-11-9-21(10-12-22)25(16-28-17-25)30-15-24(26)27/h2-13H,14-17H2,1H3,(H,26,27). The van der Waals surface area contributed by atoms with E-state index < -0.39 is 11.6 Å². The Labute approximate surface area is 175 Å². The van der Waals surface area contributed by atoms with Crippen molar-refractivity contribution in [3.8, 4) is 16.9 Å². The Morgan fingerprint density at radius 3 is 2.47 bits per heavy atom. The highest BCUT2D eigenvalue weighted by molar-refractivity contribution is 5.68. The summed E-state index contributed by atoms with van der Waals surface area (Å²) < 4.78 is 16.8. The van der Waals surface area contributed by atoms with Crippen LogP contribution in [-0.2, 0) is 26.5 Å². The third-order valence-electron chi connectivity index (χ3n) is 5.31. The molecule has 5 nitrogen and oxygen atoms in total. The Morgan fingerprint density at radius 1 is 1.03 bits per heavy atom. The minimum Gasteiger partial charge on any atom is -0.489 e. The molecule has 0 aliphatic carbocycles. The Morgan fingerprint density at radius 2 is 1.80 bits per heavy atom. The number of benzene rings is 3. The molecule has 0 bridgehead atoms. The third-order valence-corrected chi connectivity index (χ3v) is 5.31. The van der Waals surface area contributed by atoms with Gasteiger partial charge < -0.3 is 19.3 Å². The van der Waals surface area contributed by atoms with E-state index in [-0.39, 0.29) is 6.61 Å². The van der Waals surface area contributed by atoms with Gasteiger partial charge in [-0.05, 0) is 52.9 Å². The molecule has 1 aliphatic heterocycles. The molecule has 0 amide bonds. The van der Waals surface area contributed by atoms with Crippen LogP contribution in [0.15, 0.2) is 72.8 Å². The van der Waals surface area contributed by atoms with Crippen LogP contribution in [-0.4, -0.2) is 30.9 Å². The first kappa shape index (κ1) is 20.1. The fourth-order valence-corrected chi connectivity index (χ4v) is 3.57. The van der Waals surface area contributed by atoms with E-state index in [1.54, 1.807) is 0 Å². The highest BCUT2D eigenvalue weighted by Gasteiger charge is 2.42. The molecule has 0 atom stereocenters. The van der Waals surface area contributed by atoms with Crippen molar-refractivity contribution in [2.75, 3.05) is 19.8 Å². The van der Waals surface area contributed by atoms with Crippen molar-refractivity contribution >= 4 is 5.97 Å². The van der Waals surface area contributed by atoms with Crippen LogP contribution in [0.2, 0.25) is 0 Å². The average Bonchev–Trinajstić information content (AvgIpc) is 2.73. The van der Waals surface area contributed by atoms with Crippen molar-refractivity contribution in [2.24, 2.45) is 0 Å². The van der Waals surface area contributed by atoms with E-state index in [2.05, 4.69) is 37.3 Å². The molecule has 1 fully saturated rings. The van der Waals surface area contributed by atoms with Crippen LogP contribution in [0.25, 0.3) is 11.1 Å². The molecule has 0 radical (unpaired) electrons. The zero-order chi connectivity index (χ0) is 21.0. The van der Waals surface area contributed by atoms with Gasteiger partial charge in [0.2, 0.25) is 0 Å². The molecule has 5 heteroatoms. The van der Waals surface area contributed by atoms with E-state index in [1.807, 2.05) is 42.5 Å². The number of carboxylic acid groups (broad SMARTS) is 1. The normalized spacial score (nSPS) is 14.7. The van der Waals surface area contributed by atoms with Crippen molar-refractivity contribution < 1.29 is 24.1 Å². The van der Waals surface area contributed by atoms with Crippen LogP contribution < -0.4 is 4.74 Å². The zero-order valence-electron chi connectivity index (χ0n) is 16.8. The van der Waals surface area contributed by atoms with Gasteiger partial charge in [0.1, 0.15) is 24.6 Å². The number of aryl methyl sites for hydroxylation is 1. The first-order valence-corrected chi connectivity index (χ1v) is 9.87. The smallest absolute Gasteiger partial charge is 0.329 e. The number of ether oxygens (including phenoxy) is 3. The zero-order valence-corrected chi connectivity index (χ0v) is 16.8. The summed E-state index contributed by atoms with van der Waals surface area (Å²) in [6.45, 7) is 2.93. The summed E-state index contributed by atoms with van der Waals surface area (Å²) in [5, 5.41) is 8.89. The third kappa shape index (κ3) is 4.37. The summed E-state index contributed by atoms with van der Waals surface area (Å²) in [7, 11) is 0. The minimum atomic E-state index is -0.992. The predicted octanol–water partition coefficient (Wildman–Crippen LogP) is 4.57. The summed E-state index contributed by atoms with van der Waals surface area (Å²) >= 11 is 0. The van der Waals surface area contributed by atoms with E-state index in [0.717, 1.165) is 16.9 Å². The lowest BCUT2D eigenvalue weighted by molar-refractivity contribution is -0.220. The topological polar surface area (TPSA) is 65.0 Å². The summed E-state index contributed by atoms with van der Waals surface area (Å²) in [6.07, 6.45) is 0. The van der Waals surface area contributed by atoms with Crippen LogP contribution in [0.5, 0.6) is 5.75 Å². The van der Waals surface area contributed by atoms with Crippen molar-refractivity contribution in [2.45, 2.75) is 19.1 Å². The molecule has 0 unspecified atom stereocenters. The van der Waals surface area contributed by atoms with Crippen molar-refractivity contribution in [1.82, 2.24) is 0 Å². The van der Waals surface area contributed by atoms with Gasteiger partial charge in [-0.15, -0.1) is 0 Å². The number of hydrogen-bond donors (Lipinski definition) is 1. The Balaban J connectivity index is 1.42. The maximum Gasteiger partial charge on any atom is 0.329 e. The maximum atomic E-state index is 10.8. The molecule has 1 N–H and O–H groups in total. The molecule has 1 saturated heterocycles. The molecule has 0 spiro atoms. The second kappa shape index (κ2) is 8.69.